The molecule has 4 rings (SSSR count). The normalized spacial score (nSPS) is 15.1. The number of likely N-dealkylation sites (tertiary alicyclic amines) is 1. The second-order valence-electron chi connectivity index (χ2n) is 10.0. The number of hydrogen-bond acceptors (Lipinski definition) is 6. The molecule has 0 saturated carbocycles. The summed E-state index contributed by atoms with van der Waals surface area (Å²) < 4.78 is 10.6. The molecule has 186 valence electrons. The number of hydrogen-bond donors (Lipinski definition) is 2. The third-order valence-corrected chi connectivity index (χ3v) is 6.41. The monoisotopic (exact) mass is 477 g/mol. The van der Waals surface area contributed by atoms with Crippen LogP contribution in [0.3, 0.4) is 0 Å². The Morgan fingerprint density at radius 3 is 2.34 bits per heavy atom. The number of aromatic nitrogens is 2. The first kappa shape index (κ1) is 24.7. The number of carbonyl (C=O) groups excluding carboxylic acids is 1. The topological polar surface area (TPSA) is 88.6 Å². The van der Waals surface area contributed by atoms with Gasteiger partial charge in [0.2, 0.25) is 0 Å². The fraction of sp³-hybridized carbons (Fsp3) is 0.444. The molecule has 0 atom stereocenters. The molecule has 3 aromatic rings. The number of fused-ring (bicyclic) bond motifs is 1. The summed E-state index contributed by atoms with van der Waals surface area (Å²) in [6.07, 6.45) is 1.79. The van der Waals surface area contributed by atoms with E-state index in [4.69, 9.17) is 9.47 Å². The second-order valence-corrected chi connectivity index (χ2v) is 10.0. The molecule has 1 saturated heterocycles. The number of ether oxygens (including phenoxy) is 2. The molecule has 0 bridgehead atoms. The van der Waals surface area contributed by atoms with E-state index in [2.05, 4.69) is 70.5 Å². The predicted molar refractivity (Wildman–Crippen MR) is 138 cm³/mol. The molecule has 2 aromatic carbocycles. The maximum Gasteiger partial charge on any atom is 0.320 e. The predicted octanol–water partition coefficient (Wildman–Crippen LogP) is 4.73. The minimum absolute atomic E-state index is 0.106. The summed E-state index contributed by atoms with van der Waals surface area (Å²) in [5.41, 5.74) is 4.11. The zero-order valence-corrected chi connectivity index (χ0v) is 21.2. The first-order valence-corrected chi connectivity index (χ1v) is 12.0. The van der Waals surface area contributed by atoms with Gasteiger partial charge in [-0.15, -0.1) is 0 Å². The van der Waals surface area contributed by atoms with Gasteiger partial charge in [0.05, 0.1) is 25.3 Å². The van der Waals surface area contributed by atoms with Crippen molar-refractivity contribution in [2.45, 2.75) is 51.6 Å². The van der Waals surface area contributed by atoms with Crippen molar-refractivity contribution in [2.75, 3.05) is 32.6 Å². The molecule has 35 heavy (non-hydrogen) atoms. The highest BCUT2D eigenvalue weighted by atomic mass is 16.5. The van der Waals surface area contributed by atoms with Gasteiger partial charge in [-0.1, -0.05) is 45.0 Å². The van der Waals surface area contributed by atoms with Crippen LogP contribution in [-0.2, 0) is 12.0 Å². The standard InChI is InChI=1S/C27H35N5O3/c1-27(2,3)19-8-6-18(7-9-19)17-32-14-12-20(13-15-32)28-26(33)31-24-25(35-5)30-22-11-10-21(34-4)16-23(22)29-24/h6-11,16,20H,12-15,17H2,1-5H3,(H2,28,29,31,33). The molecule has 8 heteroatoms. The number of nitrogens with one attached hydrogen (secondary N) is 2. The van der Waals surface area contributed by atoms with Gasteiger partial charge >= 0.3 is 6.03 Å². The van der Waals surface area contributed by atoms with Gasteiger partial charge < -0.3 is 14.8 Å². The summed E-state index contributed by atoms with van der Waals surface area (Å²) >= 11 is 0. The van der Waals surface area contributed by atoms with Crippen LogP contribution >= 0.6 is 0 Å². The Balaban J connectivity index is 1.31. The highest BCUT2D eigenvalue weighted by Crippen LogP contribution is 2.26. The lowest BCUT2D eigenvalue weighted by Crippen LogP contribution is -2.45. The van der Waals surface area contributed by atoms with Crippen molar-refractivity contribution in [3.05, 3.63) is 53.6 Å². The molecule has 0 aliphatic carbocycles. The minimum atomic E-state index is -0.309. The zero-order valence-electron chi connectivity index (χ0n) is 21.2. The van der Waals surface area contributed by atoms with Crippen LogP contribution in [0.4, 0.5) is 10.6 Å². The summed E-state index contributed by atoms with van der Waals surface area (Å²) in [7, 11) is 3.10. The third kappa shape index (κ3) is 6.19. The van der Waals surface area contributed by atoms with Crippen LogP contribution in [0.2, 0.25) is 0 Å². The summed E-state index contributed by atoms with van der Waals surface area (Å²) in [4.78, 5) is 24.1. The molecule has 8 nitrogen and oxygen atoms in total. The van der Waals surface area contributed by atoms with Crippen LogP contribution in [-0.4, -0.2) is 54.2 Å². The van der Waals surface area contributed by atoms with Crippen molar-refractivity contribution >= 4 is 22.9 Å². The summed E-state index contributed by atoms with van der Waals surface area (Å²) in [5.74, 6) is 1.22. The Kier molecular flexibility index (Phi) is 7.40. The zero-order chi connectivity index (χ0) is 25.0. The lowest BCUT2D eigenvalue weighted by Gasteiger charge is -2.32. The van der Waals surface area contributed by atoms with Gasteiger partial charge in [-0.3, -0.25) is 10.2 Å². The van der Waals surface area contributed by atoms with Crippen molar-refractivity contribution in [2.24, 2.45) is 0 Å². The molecule has 1 aromatic heterocycles. The van der Waals surface area contributed by atoms with Crippen LogP contribution in [0, 0.1) is 0 Å². The van der Waals surface area contributed by atoms with Crippen LogP contribution in [0.1, 0.15) is 44.7 Å². The van der Waals surface area contributed by atoms with Crippen molar-refractivity contribution in [3.63, 3.8) is 0 Å². The Labute approximate surface area is 207 Å². The maximum atomic E-state index is 12.7. The van der Waals surface area contributed by atoms with E-state index in [0.717, 1.165) is 32.5 Å². The molecule has 2 heterocycles. The minimum Gasteiger partial charge on any atom is -0.497 e. The number of rotatable bonds is 6. The van der Waals surface area contributed by atoms with E-state index in [1.165, 1.54) is 18.2 Å². The number of amides is 2. The van der Waals surface area contributed by atoms with Gasteiger partial charge in [0.1, 0.15) is 5.75 Å². The Bertz CT molecular complexity index is 1170. The van der Waals surface area contributed by atoms with Gasteiger partial charge in [-0.2, -0.15) is 0 Å². The van der Waals surface area contributed by atoms with E-state index in [-0.39, 0.29) is 29.2 Å². The Morgan fingerprint density at radius 1 is 1.00 bits per heavy atom. The lowest BCUT2D eigenvalue weighted by molar-refractivity contribution is 0.190. The SMILES string of the molecule is COc1ccc2nc(OC)c(NC(=O)NC3CCN(Cc4ccc(C(C)(C)C)cc4)CC3)nc2c1. The van der Waals surface area contributed by atoms with Crippen molar-refractivity contribution < 1.29 is 14.3 Å². The first-order chi connectivity index (χ1) is 16.7. The van der Waals surface area contributed by atoms with Crippen LogP contribution in [0.25, 0.3) is 11.0 Å². The van der Waals surface area contributed by atoms with E-state index < -0.39 is 0 Å². The number of methoxy groups -OCH3 is 2. The van der Waals surface area contributed by atoms with Gasteiger partial charge in [0.25, 0.3) is 5.88 Å². The lowest BCUT2D eigenvalue weighted by atomic mass is 9.86. The van der Waals surface area contributed by atoms with Gasteiger partial charge in [-0.25, -0.2) is 14.8 Å². The third-order valence-electron chi connectivity index (χ3n) is 6.41. The molecule has 1 aliphatic rings. The number of anilines is 1. The summed E-state index contributed by atoms with van der Waals surface area (Å²) in [6.45, 7) is 9.49. The quantitative estimate of drug-likeness (QED) is 0.534. The van der Waals surface area contributed by atoms with E-state index >= 15 is 0 Å². The number of benzene rings is 2. The maximum absolute atomic E-state index is 12.7. The molecule has 0 unspecified atom stereocenters. The molecule has 2 N–H and O–H groups in total. The number of nitrogens with zero attached hydrogens (tertiary/aromatic N) is 3. The van der Waals surface area contributed by atoms with Gasteiger partial charge in [0.15, 0.2) is 5.82 Å². The molecule has 1 aliphatic heterocycles. The molecule has 0 spiro atoms. The number of carbonyl (C=O) groups is 1. The van der Waals surface area contributed by atoms with Crippen molar-refractivity contribution in [3.8, 4) is 11.6 Å². The molecule has 0 radical (unpaired) electrons. The Morgan fingerprint density at radius 2 is 1.71 bits per heavy atom. The fourth-order valence-corrected chi connectivity index (χ4v) is 4.30. The van der Waals surface area contributed by atoms with Crippen molar-refractivity contribution in [1.82, 2.24) is 20.2 Å². The van der Waals surface area contributed by atoms with Crippen LogP contribution in [0.15, 0.2) is 42.5 Å². The van der Waals surface area contributed by atoms with Crippen LogP contribution in [0.5, 0.6) is 11.6 Å². The van der Waals surface area contributed by atoms with E-state index in [1.54, 1.807) is 19.2 Å². The van der Waals surface area contributed by atoms with E-state index in [0.29, 0.717) is 16.8 Å². The average Bonchev–Trinajstić information content (AvgIpc) is 2.84. The number of piperidine rings is 1. The highest BCUT2D eigenvalue weighted by Gasteiger charge is 2.22. The largest absolute Gasteiger partial charge is 0.497 e. The smallest absolute Gasteiger partial charge is 0.320 e. The van der Waals surface area contributed by atoms with Gasteiger partial charge in [0, 0.05) is 31.7 Å². The molecular formula is C27H35N5O3. The van der Waals surface area contributed by atoms with E-state index in [9.17, 15) is 4.79 Å². The molecule has 1 fully saturated rings. The fourth-order valence-electron chi connectivity index (χ4n) is 4.30. The highest BCUT2D eigenvalue weighted by molar-refractivity contribution is 5.91. The average molecular weight is 478 g/mol. The Hall–Kier alpha value is -3.39. The molecular weight excluding hydrogens is 442 g/mol. The van der Waals surface area contributed by atoms with Crippen LogP contribution < -0.4 is 20.1 Å². The van der Waals surface area contributed by atoms with E-state index in [1.807, 2.05) is 6.07 Å². The summed E-state index contributed by atoms with van der Waals surface area (Å²) in [5, 5.41) is 5.88. The number of urea groups is 1. The van der Waals surface area contributed by atoms with Crippen molar-refractivity contribution in [1.29, 1.82) is 0 Å². The van der Waals surface area contributed by atoms with Gasteiger partial charge in [-0.05, 0) is 41.5 Å². The molecule has 2 amide bonds. The second kappa shape index (κ2) is 10.5. The summed E-state index contributed by atoms with van der Waals surface area (Å²) in [6, 6.07) is 14.1. The first-order valence-electron chi connectivity index (χ1n) is 12.0.